The fraction of sp³-hybridized carbons (Fsp3) is 0.467. The van der Waals surface area contributed by atoms with Gasteiger partial charge in [0.05, 0.1) is 0 Å². The van der Waals surface area contributed by atoms with Crippen LogP contribution in [0.3, 0.4) is 0 Å². The Morgan fingerprint density at radius 3 is 2.42 bits per heavy atom. The third-order valence-corrected chi connectivity index (χ3v) is 3.48. The summed E-state index contributed by atoms with van der Waals surface area (Å²) in [6.07, 6.45) is 2.27. The number of amides is 1. The van der Waals surface area contributed by atoms with E-state index < -0.39 is 0 Å². The Kier molecular flexibility index (Phi) is 4.68. The third-order valence-electron chi connectivity index (χ3n) is 3.48. The zero-order valence-corrected chi connectivity index (χ0v) is 11.2. The number of Topliss-reactive ketones (excluding diaryl/α,β-unsaturated/α-hetero) is 1. The monoisotopic (exact) mass is 260 g/mol. The van der Waals surface area contributed by atoms with E-state index in [1.54, 1.807) is 24.3 Å². The molecule has 0 radical (unpaired) electrons. The Balaban J connectivity index is 2.01. The summed E-state index contributed by atoms with van der Waals surface area (Å²) in [6, 6.07) is 7.19. The second-order valence-corrected chi connectivity index (χ2v) is 4.87. The van der Waals surface area contributed by atoms with E-state index >= 15 is 0 Å². The molecule has 2 N–H and O–H groups in total. The lowest BCUT2D eigenvalue weighted by Gasteiger charge is -2.21. The summed E-state index contributed by atoms with van der Waals surface area (Å²) in [5, 5.41) is 6.04. The summed E-state index contributed by atoms with van der Waals surface area (Å²) in [5.41, 5.74) is 1.48. The standard InChI is InChI=1S/C15H20N2O2/c1-2-14(18)17-13-5-3-11(4-6-13)15(19)12-7-9-16-10-8-12/h3-6,12,16H,2,7-10H2,1H3,(H,17,18). The molecule has 1 fully saturated rings. The first-order valence-electron chi connectivity index (χ1n) is 6.85. The number of ketones is 1. The van der Waals surface area contributed by atoms with Crippen LogP contribution in [0.15, 0.2) is 24.3 Å². The molecule has 2 rings (SSSR count). The zero-order chi connectivity index (χ0) is 13.7. The summed E-state index contributed by atoms with van der Waals surface area (Å²) >= 11 is 0. The molecule has 1 amide bonds. The van der Waals surface area contributed by atoms with Crippen molar-refractivity contribution in [1.29, 1.82) is 0 Å². The van der Waals surface area contributed by atoms with Crippen molar-refractivity contribution in [2.45, 2.75) is 26.2 Å². The maximum atomic E-state index is 12.3. The van der Waals surface area contributed by atoms with E-state index in [9.17, 15) is 9.59 Å². The number of nitrogens with one attached hydrogen (secondary N) is 2. The van der Waals surface area contributed by atoms with Gasteiger partial charge in [-0.1, -0.05) is 6.92 Å². The SMILES string of the molecule is CCC(=O)Nc1ccc(C(=O)C2CCNCC2)cc1. The second kappa shape index (κ2) is 6.48. The molecule has 4 heteroatoms. The predicted octanol–water partition coefficient (Wildman–Crippen LogP) is 2.22. The van der Waals surface area contributed by atoms with E-state index in [2.05, 4.69) is 10.6 Å². The van der Waals surface area contributed by atoms with Gasteiger partial charge in [0.2, 0.25) is 5.91 Å². The van der Waals surface area contributed by atoms with Gasteiger partial charge in [0.15, 0.2) is 5.78 Å². The molecule has 0 unspecified atom stereocenters. The summed E-state index contributed by atoms with van der Waals surface area (Å²) in [6.45, 7) is 3.65. The first kappa shape index (κ1) is 13.7. The van der Waals surface area contributed by atoms with Crippen LogP contribution in [0.4, 0.5) is 5.69 Å². The van der Waals surface area contributed by atoms with Gasteiger partial charge in [-0.3, -0.25) is 9.59 Å². The molecule has 0 aliphatic carbocycles. The molecular formula is C15H20N2O2. The molecule has 0 saturated carbocycles. The van der Waals surface area contributed by atoms with Crippen LogP contribution in [-0.4, -0.2) is 24.8 Å². The van der Waals surface area contributed by atoms with Crippen molar-refractivity contribution in [3.8, 4) is 0 Å². The number of hydrogen-bond acceptors (Lipinski definition) is 3. The lowest BCUT2D eigenvalue weighted by atomic mass is 9.89. The number of piperidine rings is 1. The van der Waals surface area contributed by atoms with Crippen LogP contribution >= 0.6 is 0 Å². The van der Waals surface area contributed by atoms with Crippen LogP contribution in [0.1, 0.15) is 36.5 Å². The predicted molar refractivity (Wildman–Crippen MR) is 75.3 cm³/mol. The van der Waals surface area contributed by atoms with Gasteiger partial charge in [0.1, 0.15) is 0 Å². The van der Waals surface area contributed by atoms with Crippen molar-refractivity contribution >= 4 is 17.4 Å². The molecule has 1 aliphatic rings. The molecule has 0 atom stereocenters. The molecule has 0 spiro atoms. The van der Waals surface area contributed by atoms with Crippen molar-refractivity contribution < 1.29 is 9.59 Å². The quantitative estimate of drug-likeness (QED) is 0.816. The number of hydrogen-bond donors (Lipinski definition) is 2. The van der Waals surface area contributed by atoms with Crippen molar-refractivity contribution in [3.05, 3.63) is 29.8 Å². The highest BCUT2D eigenvalue weighted by Crippen LogP contribution is 2.19. The van der Waals surface area contributed by atoms with E-state index in [0.717, 1.165) is 37.2 Å². The lowest BCUT2D eigenvalue weighted by molar-refractivity contribution is -0.115. The van der Waals surface area contributed by atoms with Gasteiger partial charge in [0, 0.05) is 23.6 Å². The molecule has 4 nitrogen and oxygen atoms in total. The molecule has 1 aromatic rings. The summed E-state index contributed by atoms with van der Waals surface area (Å²) < 4.78 is 0. The van der Waals surface area contributed by atoms with E-state index in [-0.39, 0.29) is 17.6 Å². The van der Waals surface area contributed by atoms with Crippen molar-refractivity contribution in [2.24, 2.45) is 5.92 Å². The molecule has 1 aromatic carbocycles. The van der Waals surface area contributed by atoms with Crippen molar-refractivity contribution in [3.63, 3.8) is 0 Å². The summed E-state index contributed by atoms with van der Waals surface area (Å²) in [5.74, 6) is 0.338. The maximum Gasteiger partial charge on any atom is 0.224 e. The summed E-state index contributed by atoms with van der Waals surface area (Å²) in [7, 11) is 0. The van der Waals surface area contributed by atoms with E-state index in [1.807, 2.05) is 6.92 Å². The van der Waals surface area contributed by atoms with Crippen LogP contribution in [0.25, 0.3) is 0 Å². The topological polar surface area (TPSA) is 58.2 Å². The average molecular weight is 260 g/mol. The Hall–Kier alpha value is -1.68. The number of carbonyl (C=O) groups excluding carboxylic acids is 2. The number of carbonyl (C=O) groups is 2. The average Bonchev–Trinajstić information content (AvgIpc) is 2.48. The largest absolute Gasteiger partial charge is 0.326 e. The molecule has 1 aliphatic heterocycles. The Morgan fingerprint density at radius 1 is 1.21 bits per heavy atom. The Morgan fingerprint density at radius 2 is 1.84 bits per heavy atom. The van der Waals surface area contributed by atoms with Crippen molar-refractivity contribution in [2.75, 3.05) is 18.4 Å². The second-order valence-electron chi connectivity index (χ2n) is 4.87. The van der Waals surface area contributed by atoms with E-state index in [4.69, 9.17) is 0 Å². The van der Waals surface area contributed by atoms with Crippen LogP contribution in [0.5, 0.6) is 0 Å². The lowest BCUT2D eigenvalue weighted by Crippen LogP contribution is -2.31. The fourth-order valence-corrected chi connectivity index (χ4v) is 2.29. The molecule has 102 valence electrons. The minimum absolute atomic E-state index is 0.0163. The highest BCUT2D eigenvalue weighted by Gasteiger charge is 2.21. The van der Waals surface area contributed by atoms with Gasteiger partial charge >= 0.3 is 0 Å². The van der Waals surface area contributed by atoms with Gasteiger partial charge < -0.3 is 10.6 Å². The third kappa shape index (κ3) is 3.64. The van der Waals surface area contributed by atoms with E-state index in [1.165, 1.54) is 0 Å². The van der Waals surface area contributed by atoms with Crippen LogP contribution in [0, 0.1) is 5.92 Å². The minimum atomic E-state index is -0.0163. The van der Waals surface area contributed by atoms with Gasteiger partial charge in [-0.2, -0.15) is 0 Å². The normalized spacial score (nSPS) is 16.1. The van der Waals surface area contributed by atoms with Crippen LogP contribution < -0.4 is 10.6 Å². The van der Waals surface area contributed by atoms with Gasteiger partial charge in [0.25, 0.3) is 0 Å². The smallest absolute Gasteiger partial charge is 0.224 e. The zero-order valence-electron chi connectivity index (χ0n) is 11.2. The maximum absolute atomic E-state index is 12.3. The van der Waals surface area contributed by atoms with Gasteiger partial charge in [-0.15, -0.1) is 0 Å². The van der Waals surface area contributed by atoms with Crippen LogP contribution in [-0.2, 0) is 4.79 Å². The number of anilines is 1. The first-order chi connectivity index (χ1) is 9.20. The Bertz CT molecular complexity index is 448. The molecule has 1 saturated heterocycles. The fourth-order valence-electron chi connectivity index (χ4n) is 2.29. The number of rotatable bonds is 4. The van der Waals surface area contributed by atoms with Crippen LogP contribution in [0.2, 0.25) is 0 Å². The first-order valence-corrected chi connectivity index (χ1v) is 6.85. The summed E-state index contributed by atoms with van der Waals surface area (Å²) in [4.78, 5) is 23.5. The highest BCUT2D eigenvalue weighted by atomic mass is 16.1. The Labute approximate surface area is 113 Å². The molecule has 19 heavy (non-hydrogen) atoms. The minimum Gasteiger partial charge on any atom is -0.326 e. The molecule has 1 heterocycles. The molecule has 0 bridgehead atoms. The van der Waals surface area contributed by atoms with Gasteiger partial charge in [-0.05, 0) is 50.2 Å². The van der Waals surface area contributed by atoms with E-state index in [0.29, 0.717) is 6.42 Å². The number of benzene rings is 1. The molecule has 0 aromatic heterocycles. The van der Waals surface area contributed by atoms with Gasteiger partial charge in [-0.25, -0.2) is 0 Å². The highest BCUT2D eigenvalue weighted by molar-refractivity contribution is 5.98. The molecular weight excluding hydrogens is 240 g/mol. The van der Waals surface area contributed by atoms with Crippen molar-refractivity contribution in [1.82, 2.24) is 5.32 Å².